The highest BCUT2D eigenvalue weighted by Gasteiger charge is 2.23. The van der Waals surface area contributed by atoms with Crippen molar-refractivity contribution in [3.63, 3.8) is 0 Å². The summed E-state index contributed by atoms with van der Waals surface area (Å²) in [5.74, 6) is 0. The van der Waals surface area contributed by atoms with Crippen molar-refractivity contribution >= 4 is 15.9 Å². The highest BCUT2D eigenvalue weighted by molar-refractivity contribution is 9.09. The average molecular weight is 313 g/mol. The van der Waals surface area contributed by atoms with E-state index in [4.69, 9.17) is 5.10 Å². The van der Waals surface area contributed by atoms with Crippen LogP contribution < -0.4 is 0 Å². The SMILES string of the molecule is CCC(C)(CBr)Cc1ccn(C2CCCCC2)n1. The second-order valence-electron chi connectivity index (χ2n) is 6.05. The van der Waals surface area contributed by atoms with E-state index in [1.54, 1.807) is 0 Å². The Morgan fingerprint density at radius 1 is 1.39 bits per heavy atom. The van der Waals surface area contributed by atoms with Crippen molar-refractivity contribution in [2.75, 3.05) is 5.33 Å². The van der Waals surface area contributed by atoms with Crippen LogP contribution in [0.15, 0.2) is 12.3 Å². The minimum atomic E-state index is 0.339. The monoisotopic (exact) mass is 312 g/mol. The molecule has 0 radical (unpaired) electrons. The molecule has 0 bridgehead atoms. The summed E-state index contributed by atoms with van der Waals surface area (Å²) in [5, 5.41) is 5.86. The van der Waals surface area contributed by atoms with Gasteiger partial charge in [0.2, 0.25) is 0 Å². The van der Waals surface area contributed by atoms with Gasteiger partial charge < -0.3 is 0 Å². The third kappa shape index (κ3) is 3.37. The second-order valence-corrected chi connectivity index (χ2v) is 6.61. The first kappa shape index (κ1) is 14.1. The van der Waals surface area contributed by atoms with Crippen molar-refractivity contribution in [2.24, 2.45) is 5.41 Å². The molecule has 1 unspecified atom stereocenters. The van der Waals surface area contributed by atoms with Gasteiger partial charge in [0.15, 0.2) is 0 Å². The number of hydrogen-bond acceptors (Lipinski definition) is 1. The molecular formula is C15H25BrN2. The summed E-state index contributed by atoms with van der Waals surface area (Å²) in [4.78, 5) is 0. The summed E-state index contributed by atoms with van der Waals surface area (Å²) in [7, 11) is 0. The molecule has 18 heavy (non-hydrogen) atoms. The summed E-state index contributed by atoms with van der Waals surface area (Å²) < 4.78 is 2.22. The number of nitrogens with zero attached hydrogens (tertiary/aromatic N) is 2. The minimum absolute atomic E-state index is 0.339. The van der Waals surface area contributed by atoms with Crippen LogP contribution in [0.4, 0.5) is 0 Å². The molecule has 0 saturated heterocycles. The Kier molecular flexibility index (Phi) is 4.88. The van der Waals surface area contributed by atoms with Gasteiger partial charge in [0.25, 0.3) is 0 Å². The fourth-order valence-electron chi connectivity index (χ4n) is 2.72. The number of rotatable bonds is 5. The molecule has 2 rings (SSSR count). The molecule has 1 fully saturated rings. The molecule has 1 saturated carbocycles. The lowest BCUT2D eigenvalue weighted by Crippen LogP contribution is -2.21. The lowest BCUT2D eigenvalue weighted by molar-refractivity contribution is 0.320. The number of hydrogen-bond donors (Lipinski definition) is 0. The molecule has 0 aliphatic heterocycles. The Balaban J connectivity index is 2.01. The van der Waals surface area contributed by atoms with Gasteiger partial charge in [0.05, 0.1) is 11.7 Å². The van der Waals surface area contributed by atoms with Crippen LogP contribution >= 0.6 is 15.9 Å². The van der Waals surface area contributed by atoms with E-state index in [0.717, 1.165) is 11.8 Å². The van der Waals surface area contributed by atoms with Crippen LogP contribution in [0.3, 0.4) is 0 Å². The van der Waals surface area contributed by atoms with E-state index < -0.39 is 0 Å². The fourth-order valence-corrected chi connectivity index (χ4v) is 3.32. The first-order valence-corrected chi connectivity index (χ1v) is 8.39. The molecule has 0 spiro atoms. The molecule has 1 aliphatic rings. The molecule has 102 valence electrons. The third-order valence-corrected chi connectivity index (χ3v) is 5.75. The average Bonchev–Trinajstić information content (AvgIpc) is 2.88. The lowest BCUT2D eigenvalue weighted by Gasteiger charge is -2.25. The van der Waals surface area contributed by atoms with Crippen LogP contribution in [0.5, 0.6) is 0 Å². The van der Waals surface area contributed by atoms with E-state index in [0.29, 0.717) is 11.5 Å². The number of aromatic nitrogens is 2. The van der Waals surface area contributed by atoms with E-state index in [-0.39, 0.29) is 0 Å². The Labute approximate surface area is 119 Å². The van der Waals surface area contributed by atoms with Gasteiger partial charge in [0.1, 0.15) is 0 Å². The summed E-state index contributed by atoms with van der Waals surface area (Å²) in [6, 6.07) is 2.87. The maximum atomic E-state index is 4.81. The van der Waals surface area contributed by atoms with E-state index in [9.17, 15) is 0 Å². The Hall–Kier alpha value is -0.310. The second kappa shape index (κ2) is 6.23. The van der Waals surface area contributed by atoms with Gasteiger partial charge in [-0.2, -0.15) is 5.10 Å². The fraction of sp³-hybridized carbons (Fsp3) is 0.800. The molecule has 1 atom stereocenters. The zero-order chi connectivity index (χ0) is 13.0. The van der Waals surface area contributed by atoms with E-state index in [1.165, 1.54) is 44.2 Å². The van der Waals surface area contributed by atoms with Crippen molar-refractivity contribution in [3.05, 3.63) is 18.0 Å². The Bertz CT molecular complexity index is 362. The number of halogens is 1. The maximum absolute atomic E-state index is 4.81. The normalized spacial score (nSPS) is 20.8. The van der Waals surface area contributed by atoms with Crippen molar-refractivity contribution in [3.8, 4) is 0 Å². The Morgan fingerprint density at radius 3 is 2.72 bits per heavy atom. The largest absolute Gasteiger partial charge is 0.269 e. The molecule has 3 heteroatoms. The van der Waals surface area contributed by atoms with Crippen LogP contribution in [0.25, 0.3) is 0 Å². The van der Waals surface area contributed by atoms with Crippen LogP contribution in [-0.4, -0.2) is 15.1 Å². The molecule has 0 N–H and O–H groups in total. The van der Waals surface area contributed by atoms with E-state index in [2.05, 4.69) is 46.7 Å². The van der Waals surface area contributed by atoms with Crippen molar-refractivity contribution < 1.29 is 0 Å². The predicted molar refractivity (Wildman–Crippen MR) is 80.2 cm³/mol. The van der Waals surface area contributed by atoms with Crippen LogP contribution in [0, 0.1) is 5.41 Å². The van der Waals surface area contributed by atoms with Crippen molar-refractivity contribution in [1.82, 2.24) is 9.78 Å². The predicted octanol–water partition coefficient (Wildman–Crippen LogP) is 4.74. The molecular weight excluding hydrogens is 288 g/mol. The van der Waals surface area contributed by atoms with Gasteiger partial charge in [-0.25, -0.2) is 0 Å². The van der Waals surface area contributed by atoms with E-state index in [1.807, 2.05) is 0 Å². The van der Waals surface area contributed by atoms with Crippen LogP contribution in [0.2, 0.25) is 0 Å². The zero-order valence-corrected chi connectivity index (χ0v) is 13.2. The highest BCUT2D eigenvalue weighted by atomic mass is 79.9. The topological polar surface area (TPSA) is 17.8 Å². The number of alkyl halides is 1. The molecule has 0 aromatic carbocycles. The van der Waals surface area contributed by atoms with Crippen molar-refractivity contribution in [2.45, 2.75) is 64.8 Å². The molecule has 2 nitrogen and oxygen atoms in total. The summed E-state index contributed by atoms with van der Waals surface area (Å²) >= 11 is 3.64. The standard InChI is InChI=1S/C15H25BrN2/c1-3-15(2,12-16)11-13-9-10-18(17-13)14-7-5-4-6-8-14/h9-10,14H,3-8,11-12H2,1-2H3. The first-order valence-electron chi connectivity index (χ1n) is 7.27. The molecule has 1 heterocycles. The summed E-state index contributed by atoms with van der Waals surface area (Å²) in [6.45, 7) is 4.60. The quantitative estimate of drug-likeness (QED) is 0.718. The molecule has 1 aromatic rings. The van der Waals surface area contributed by atoms with Crippen molar-refractivity contribution in [1.29, 1.82) is 0 Å². The molecule has 1 aliphatic carbocycles. The summed E-state index contributed by atoms with van der Waals surface area (Å²) in [6.07, 6.45) is 11.2. The first-order chi connectivity index (χ1) is 8.67. The van der Waals surface area contributed by atoms with Crippen LogP contribution in [-0.2, 0) is 6.42 Å². The lowest BCUT2D eigenvalue weighted by atomic mass is 9.85. The van der Waals surface area contributed by atoms with Gasteiger partial charge in [-0.15, -0.1) is 0 Å². The van der Waals surface area contributed by atoms with Gasteiger partial charge in [-0.05, 0) is 37.2 Å². The third-order valence-electron chi connectivity index (χ3n) is 4.40. The van der Waals surface area contributed by atoms with Gasteiger partial charge >= 0.3 is 0 Å². The smallest absolute Gasteiger partial charge is 0.0630 e. The van der Waals surface area contributed by atoms with E-state index >= 15 is 0 Å². The molecule has 0 amide bonds. The summed E-state index contributed by atoms with van der Waals surface area (Å²) in [5.41, 5.74) is 1.59. The maximum Gasteiger partial charge on any atom is 0.0630 e. The zero-order valence-electron chi connectivity index (χ0n) is 11.7. The van der Waals surface area contributed by atoms with Gasteiger partial charge in [-0.1, -0.05) is 49.0 Å². The molecule has 1 aromatic heterocycles. The van der Waals surface area contributed by atoms with Gasteiger partial charge in [0, 0.05) is 11.5 Å². The highest BCUT2D eigenvalue weighted by Crippen LogP contribution is 2.30. The van der Waals surface area contributed by atoms with Gasteiger partial charge in [-0.3, -0.25) is 4.68 Å². The minimum Gasteiger partial charge on any atom is -0.269 e. The Morgan fingerprint density at radius 2 is 2.11 bits per heavy atom. The van der Waals surface area contributed by atoms with Crippen LogP contribution in [0.1, 0.15) is 64.1 Å².